The number of hydrogen-bond donors (Lipinski definition) is 1. The molecule has 5 rings (SSSR count). The van der Waals surface area contributed by atoms with Crippen LogP contribution in [0.2, 0.25) is 0 Å². The Balaban J connectivity index is 1.47. The number of aliphatic hydroxyl groups excluding tert-OH is 1. The molecule has 0 aromatic rings. The van der Waals surface area contributed by atoms with Gasteiger partial charge in [0.1, 0.15) is 0 Å². The van der Waals surface area contributed by atoms with Crippen LogP contribution in [0.25, 0.3) is 0 Å². The van der Waals surface area contributed by atoms with Gasteiger partial charge in [-0.05, 0) is 167 Å². The van der Waals surface area contributed by atoms with E-state index < -0.39 is 0 Å². The monoisotopic (exact) mass is 540 g/mol. The van der Waals surface area contributed by atoms with Gasteiger partial charge < -0.3 is 10.0 Å². The molecule has 0 radical (unpaired) electrons. The van der Waals surface area contributed by atoms with Gasteiger partial charge in [0.05, 0.1) is 6.10 Å². The smallest absolute Gasteiger partial charge is 0.0594 e. The molecule has 0 unspecified atom stereocenters. The normalized spacial score (nSPS) is 48.7. The van der Waals surface area contributed by atoms with Crippen molar-refractivity contribution in [3.05, 3.63) is 12.2 Å². The largest absolute Gasteiger partial charge is 0.393 e. The van der Waals surface area contributed by atoms with Gasteiger partial charge >= 0.3 is 0 Å². The Morgan fingerprint density at radius 1 is 0.769 bits per heavy atom. The van der Waals surface area contributed by atoms with Crippen molar-refractivity contribution in [3.63, 3.8) is 0 Å². The lowest BCUT2D eigenvalue weighted by Gasteiger charge is -2.73. The molecule has 0 spiro atoms. The van der Waals surface area contributed by atoms with Gasteiger partial charge in [0.25, 0.3) is 0 Å². The van der Waals surface area contributed by atoms with Crippen LogP contribution in [0.1, 0.15) is 139 Å². The fourth-order valence-corrected chi connectivity index (χ4v) is 13.0. The Labute approximate surface area is 243 Å². The molecule has 0 saturated heterocycles. The first kappa shape index (κ1) is 30.1. The molecule has 1 N–H and O–H groups in total. The second kappa shape index (κ2) is 10.4. The van der Waals surface area contributed by atoms with E-state index in [0.717, 1.165) is 30.1 Å². The maximum atomic E-state index is 11.0. The summed E-state index contributed by atoms with van der Waals surface area (Å²) in [5.41, 5.74) is 3.30. The number of hydrogen-bond acceptors (Lipinski definition) is 2. The van der Waals surface area contributed by atoms with E-state index >= 15 is 0 Å². The first-order valence-corrected chi connectivity index (χ1v) is 17.4. The van der Waals surface area contributed by atoms with Crippen molar-refractivity contribution in [2.75, 3.05) is 19.6 Å². The molecular weight excluding hydrogens is 474 g/mol. The molecule has 5 fully saturated rings. The Bertz CT molecular complexity index is 903. The summed E-state index contributed by atoms with van der Waals surface area (Å²) in [6, 6.07) is 0. The maximum absolute atomic E-state index is 11.0. The maximum Gasteiger partial charge on any atom is 0.0594 e. The Morgan fingerprint density at radius 3 is 2.10 bits per heavy atom. The third-order valence-electron chi connectivity index (χ3n) is 15.2. The van der Waals surface area contributed by atoms with Crippen LogP contribution in [0.3, 0.4) is 0 Å². The molecule has 39 heavy (non-hydrogen) atoms. The van der Waals surface area contributed by atoms with Gasteiger partial charge in [-0.3, -0.25) is 0 Å². The average molecular weight is 540 g/mol. The molecule has 5 aliphatic carbocycles. The number of fused-ring (bicyclic) bond motifs is 7. The predicted molar refractivity (Wildman–Crippen MR) is 167 cm³/mol. The van der Waals surface area contributed by atoms with Gasteiger partial charge in [-0.2, -0.15) is 0 Å². The fraction of sp³-hybridized carbons (Fsp3) is 0.946. The van der Waals surface area contributed by atoms with Crippen molar-refractivity contribution in [1.82, 2.24) is 4.90 Å². The van der Waals surface area contributed by atoms with E-state index in [-0.39, 0.29) is 11.5 Å². The predicted octanol–water partition coefficient (Wildman–Crippen LogP) is 9.52. The minimum Gasteiger partial charge on any atom is -0.393 e. The lowest BCUT2D eigenvalue weighted by atomic mass is 9.32. The summed E-state index contributed by atoms with van der Waals surface area (Å²) >= 11 is 0. The average Bonchev–Trinajstić information content (AvgIpc) is 3.26. The molecule has 0 aromatic heterocycles. The van der Waals surface area contributed by atoms with Gasteiger partial charge in [0, 0.05) is 0 Å². The fourth-order valence-electron chi connectivity index (χ4n) is 13.0. The zero-order chi connectivity index (χ0) is 28.4. The van der Waals surface area contributed by atoms with E-state index in [9.17, 15) is 5.11 Å². The molecular formula is C37H65NO. The highest BCUT2D eigenvalue weighted by Gasteiger charge is 2.70. The Morgan fingerprint density at radius 2 is 1.46 bits per heavy atom. The molecule has 10 atom stereocenters. The summed E-state index contributed by atoms with van der Waals surface area (Å²) in [5.74, 6) is 3.89. The Hall–Kier alpha value is -0.340. The van der Waals surface area contributed by atoms with Gasteiger partial charge in [0.2, 0.25) is 0 Å². The van der Waals surface area contributed by atoms with Crippen molar-refractivity contribution in [1.29, 1.82) is 0 Å². The van der Waals surface area contributed by atoms with E-state index in [0.29, 0.717) is 27.6 Å². The highest BCUT2D eigenvalue weighted by atomic mass is 16.3. The SMILES string of the molecule is C=C(C)[C@@H]1CC[C@]2(CCN(CCC)CCC)CC[C@]3(C)[C@H](CC[C@@H]4[C@@]5(C)CC[C@H](O)C(C)(C)[C@@H]5CC[C@]43C)[C@@H]12. The summed E-state index contributed by atoms with van der Waals surface area (Å²) in [6.45, 7) is 28.5. The van der Waals surface area contributed by atoms with Gasteiger partial charge in [0.15, 0.2) is 0 Å². The summed E-state index contributed by atoms with van der Waals surface area (Å²) in [6.07, 6.45) is 17.4. The quantitative estimate of drug-likeness (QED) is 0.310. The second-order valence-corrected chi connectivity index (χ2v) is 17.0. The van der Waals surface area contributed by atoms with Gasteiger partial charge in [-0.25, -0.2) is 0 Å². The standard InChI is InChI=1S/C37H65NO/c1-10-23-38(24-11-2)25-22-37-19-14-27(26(3)4)32(37)28-12-13-30-34(7)17-16-31(39)33(5,6)29(34)15-18-36(30,9)35(28,8)20-21-37/h27-32,39H,3,10-25H2,1-2,4-9H3/t27-,28+,29-,30+,31-,32+,34-,35+,36+,37+/m0/s1. The molecule has 224 valence electrons. The van der Waals surface area contributed by atoms with Crippen molar-refractivity contribution < 1.29 is 5.11 Å². The first-order chi connectivity index (χ1) is 18.3. The van der Waals surface area contributed by atoms with Gasteiger partial charge in [-0.15, -0.1) is 0 Å². The summed E-state index contributed by atoms with van der Waals surface area (Å²) in [7, 11) is 0. The molecule has 0 aromatic carbocycles. The lowest BCUT2D eigenvalue weighted by Crippen LogP contribution is -2.66. The molecule has 0 amide bonds. The molecule has 5 aliphatic rings. The minimum absolute atomic E-state index is 0.0488. The molecule has 2 nitrogen and oxygen atoms in total. The van der Waals surface area contributed by atoms with Crippen LogP contribution in [0.5, 0.6) is 0 Å². The summed E-state index contributed by atoms with van der Waals surface area (Å²) < 4.78 is 0. The highest BCUT2D eigenvalue weighted by molar-refractivity contribution is 5.21. The topological polar surface area (TPSA) is 23.5 Å². The summed E-state index contributed by atoms with van der Waals surface area (Å²) in [5, 5.41) is 11.0. The van der Waals surface area contributed by atoms with Crippen molar-refractivity contribution in [2.45, 2.75) is 145 Å². The van der Waals surface area contributed by atoms with Crippen LogP contribution >= 0.6 is 0 Å². The molecule has 0 heterocycles. The van der Waals surface area contributed by atoms with Crippen LogP contribution in [0.15, 0.2) is 12.2 Å². The second-order valence-electron chi connectivity index (χ2n) is 17.0. The number of rotatable bonds is 8. The van der Waals surface area contributed by atoms with Crippen LogP contribution in [0.4, 0.5) is 0 Å². The third-order valence-corrected chi connectivity index (χ3v) is 15.2. The minimum atomic E-state index is -0.128. The molecule has 0 bridgehead atoms. The zero-order valence-electron chi connectivity index (χ0n) is 27.4. The van der Waals surface area contributed by atoms with E-state index in [2.05, 4.69) is 66.9 Å². The van der Waals surface area contributed by atoms with Crippen LogP contribution < -0.4 is 0 Å². The van der Waals surface area contributed by atoms with E-state index in [1.165, 1.54) is 102 Å². The van der Waals surface area contributed by atoms with Crippen molar-refractivity contribution in [3.8, 4) is 0 Å². The first-order valence-electron chi connectivity index (χ1n) is 17.4. The molecule has 2 heteroatoms. The lowest BCUT2D eigenvalue weighted by molar-refractivity contribution is -0.248. The van der Waals surface area contributed by atoms with Crippen LogP contribution in [-0.4, -0.2) is 35.7 Å². The Kier molecular flexibility index (Phi) is 8.06. The number of allylic oxidation sites excluding steroid dienone is 1. The number of aliphatic hydroxyl groups is 1. The van der Waals surface area contributed by atoms with Crippen LogP contribution in [-0.2, 0) is 0 Å². The van der Waals surface area contributed by atoms with Gasteiger partial charge in [-0.1, -0.05) is 60.6 Å². The summed E-state index contributed by atoms with van der Waals surface area (Å²) in [4.78, 5) is 2.79. The van der Waals surface area contributed by atoms with E-state index in [1.807, 2.05) is 0 Å². The van der Waals surface area contributed by atoms with Crippen molar-refractivity contribution >= 4 is 0 Å². The van der Waals surface area contributed by atoms with E-state index in [4.69, 9.17) is 0 Å². The zero-order valence-corrected chi connectivity index (χ0v) is 27.4. The molecule has 0 aliphatic heterocycles. The van der Waals surface area contributed by atoms with Crippen LogP contribution in [0, 0.1) is 56.7 Å². The number of nitrogens with zero attached hydrogens (tertiary/aromatic N) is 1. The highest BCUT2D eigenvalue weighted by Crippen LogP contribution is 2.77. The van der Waals surface area contributed by atoms with E-state index in [1.54, 1.807) is 0 Å². The third kappa shape index (κ3) is 4.37. The molecule has 5 saturated carbocycles. The van der Waals surface area contributed by atoms with Crippen molar-refractivity contribution in [2.24, 2.45) is 56.7 Å².